The zero-order chi connectivity index (χ0) is 24.8. The lowest BCUT2D eigenvalue weighted by atomic mass is 10.1. The number of rotatable bonds is 6. The van der Waals surface area contributed by atoms with Crippen LogP contribution in [0.1, 0.15) is 42.6 Å². The van der Waals surface area contributed by atoms with Crippen molar-refractivity contribution in [1.82, 2.24) is 39.4 Å². The molecule has 1 aromatic carbocycles. The van der Waals surface area contributed by atoms with Gasteiger partial charge in [-0.3, -0.25) is 14.6 Å². The molecule has 2 unspecified atom stereocenters. The molecule has 1 aliphatic rings. The van der Waals surface area contributed by atoms with Gasteiger partial charge >= 0.3 is 0 Å². The summed E-state index contributed by atoms with van der Waals surface area (Å²) in [6, 6.07) is 15.3. The van der Waals surface area contributed by atoms with Gasteiger partial charge in [0, 0.05) is 35.8 Å². The molecule has 11 nitrogen and oxygen atoms in total. The molecule has 0 radical (unpaired) electrons. The van der Waals surface area contributed by atoms with Gasteiger partial charge < -0.3 is 10.4 Å². The first kappa shape index (κ1) is 22.0. The number of imidazole rings is 1. The minimum atomic E-state index is -0.757. The van der Waals surface area contributed by atoms with Gasteiger partial charge in [-0.15, -0.1) is 0 Å². The predicted octanol–water partition coefficient (Wildman–Crippen LogP) is 3.27. The number of nitrogens with zero attached hydrogens (tertiary/aromatic N) is 8. The zero-order valence-electron chi connectivity index (χ0n) is 19.8. The van der Waals surface area contributed by atoms with Crippen LogP contribution in [-0.2, 0) is 0 Å². The largest absolute Gasteiger partial charge is 0.389 e. The maximum absolute atomic E-state index is 10.3. The van der Waals surface area contributed by atoms with Crippen LogP contribution in [0.4, 0.5) is 11.5 Å². The molecule has 36 heavy (non-hydrogen) atoms. The molecule has 5 heterocycles. The second-order valence-electron chi connectivity index (χ2n) is 8.84. The summed E-state index contributed by atoms with van der Waals surface area (Å²) in [5.41, 5.74) is 4.21. The number of nitrogens with one attached hydrogen (secondary N) is 2. The molecule has 0 bridgehead atoms. The number of hydrogen-bond acceptors (Lipinski definition) is 8. The standard InChI is InChI=1S/C25H24N10O/c1-15-11-18(13-26)31-35(15)25-19(16(2)36)4-6-24(30-25)33-14-28-20-12-17(3-5-21(20)33)29-22-8-10-34(32-22)23-7-9-27-23/h3-6,8,10-12,14,16,23,27,36H,7,9H2,1-2H3,(H,29,32). The van der Waals surface area contributed by atoms with Crippen molar-refractivity contribution in [2.24, 2.45) is 0 Å². The summed E-state index contributed by atoms with van der Waals surface area (Å²) in [5, 5.41) is 35.2. The topological polar surface area (TPSA) is 134 Å². The minimum absolute atomic E-state index is 0.272. The van der Waals surface area contributed by atoms with Gasteiger partial charge in [-0.25, -0.2) is 14.6 Å². The Kier molecular flexibility index (Phi) is 5.25. The summed E-state index contributed by atoms with van der Waals surface area (Å²) in [6.07, 6.45) is 4.28. The molecule has 0 aliphatic carbocycles. The van der Waals surface area contributed by atoms with Gasteiger partial charge in [0.05, 0.1) is 17.1 Å². The van der Waals surface area contributed by atoms with Crippen LogP contribution in [0.15, 0.2) is 55.0 Å². The molecule has 1 saturated heterocycles. The number of aliphatic hydroxyl groups is 1. The van der Waals surface area contributed by atoms with Gasteiger partial charge in [0.1, 0.15) is 24.4 Å². The van der Waals surface area contributed by atoms with Crippen LogP contribution >= 0.6 is 0 Å². The Balaban J connectivity index is 1.34. The molecule has 1 aliphatic heterocycles. The molecule has 3 N–H and O–H groups in total. The summed E-state index contributed by atoms with van der Waals surface area (Å²) < 4.78 is 5.40. The third-order valence-corrected chi connectivity index (χ3v) is 6.34. The van der Waals surface area contributed by atoms with Gasteiger partial charge in [0.25, 0.3) is 0 Å². The number of benzene rings is 1. The monoisotopic (exact) mass is 480 g/mol. The van der Waals surface area contributed by atoms with Gasteiger partial charge in [-0.2, -0.15) is 15.5 Å². The lowest BCUT2D eigenvalue weighted by molar-refractivity contribution is 0.198. The van der Waals surface area contributed by atoms with E-state index in [4.69, 9.17) is 4.98 Å². The minimum Gasteiger partial charge on any atom is -0.389 e. The summed E-state index contributed by atoms with van der Waals surface area (Å²) in [7, 11) is 0. The summed E-state index contributed by atoms with van der Waals surface area (Å²) in [5.74, 6) is 1.87. The van der Waals surface area contributed by atoms with Crippen LogP contribution in [-0.4, -0.2) is 45.7 Å². The fraction of sp³-hybridized carbons (Fsp3) is 0.240. The van der Waals surface area contributed by atoms with Gasteiger partial charge in [0.2, 0.25) is 0 Å². The van der Waals surface area contributed by atoms with E-state index >= 15 is 0 Å². The molecule has 180 valence electrons. The van der Waals surface area contributed by atoms with Crippen molar-refractivity contribution < 1.29 is 5.11 Å². The van der Waals surface area contributed by atoms with Crippen molar-refractivity contribution in [3.63, 3.8) is 0 Å². The van der Waals surface area contributed by atoms with Crippen LogP contribution in [0.25, 0.3) is 22.7 Å². The van der Waals surface area contributed by atoms with Crippen LogP contribution < -0.4 is 10.6 Å². The molecular weight excluding hydrogens is 456 g/mol. The van der Waals surface area contributed by atoms with E-state index in [0.29, 0.717) is 17.2 Å². The van der Waals surface area contributed by atoms with Crippen molar-refractivity contribution in [1.29, 1.82) is 5.26 Å². The Hall–Kier alpha value is -4.53. The summed E-state index contributed by atoms with van der Waals surface area (Å²) in [4.78, 5) is 9.39. The van der Waals surface area contributed by atoms with Gasteiger partial charge in [-0.1, -0.05) is 0 Å². The number of pyridine rings is 1. The normalized spacial score (nSPS) is 16.0. The van der Waals surface area contributed by atoms with E-state index in [-0.39, 0.29) is 11.9 Å². The first-order valence-electron chi connectivity index (χ1n) is 11.7. The number of aryl methyl sites for hydroxylation is 1. The Morgan fingerprint density at radius 1 is 1.19 bits per heavy atom. The van der Waals surface area contributed by atoms with Crippen molar-refractivity contribution in [3.05, 3.63) is 71.9 Å². The van der Waals surface area contributed by atoms with Crippen LogP contribution in [0.3, 0.4) is 0 Å². The van der Waals surface area contributed by atoms with Crippen LogP contribution in [0.2, 0.25) is 0 Å². The Morgan fingerprint density at radius 2 is 2.06 bits per heavy atom. The van der Waals surface area contributed by atoms with Crippen LogP contribution in [0, 0.1) is 18.3 Å². The lowest BCUT2D eigenvalue weighted by Gasteiger charge is -2.27. The summed E-state index contributed by atoms with van der Waals surface area (Å²) in [6.45, 7) is 4.55. The number of aromatic nitrogens is 7. The molecule has 6 rings (SSSR count). The third kappa shape index (κ3) is 3.78. The van der Waals surface area contributed by atoms with Crippen molar-refractivity contribution >= 4 is 22.5 Å². The van der Waals surface area contributed by atoms with Crippen molar-refractivity contribution in [2.75, 3.05) is 11.9 Å². The second kappa shape index (κ2) is 8.60. The highest BCUT2D eigenvalue weighted by atomic mass is 16.3. The Bertz CT molecular complexity index is 1620. The maximum atomic E-state index is 10.3. The van der Waals surface area contributed by atoms with E-state index in [0.717, 1.165) is 41.2 Å². The molecule has 0 spiro atoms. The fourth-order valence-electron chi connectivity index (χ4n) is 4.32. The average Bonchev–Trinajstić information content (AvgIpc) is 3.56. The Labute approximate surface area is 206 Å². The third-order valence-electron chi connectivity index (χ3n) is 6.34. The highest BCUT2D eigenvalue weighted by Crippen LogP contribution is 2.27. The summed E-state index contributed by atoms with van der Waals surface area (Å²) >= 11 is 0. The first-order chi connectivity index (χ1) is 17.5. The number of aliphatic hydroxyl groups excluding tert-OH is 1. The first-order valence-corrected chi connectivity index (χ1v) is 11.7. The van der Waals surface area contributed by atoms with Crippen molar-refractivity contribution in [2.45, 2.75) is 32.5 Å². The molecule has 4 aromatic heterocycles. The molecule has 2 atom stereocenters. The van der Waals surface area contributed by atoms with E-state index < -0.39 is 6.10 Å². The Morgan fingerprint density at radius 3 is 2.78 bits per heavy atom. The van der Waals surface area contributed by atoms with Gasteiger partial charge in [0.15, 0.2) is 17.3 Å². The smallest absolute Gasteiger partial charge is 0.163 e. The number of anilines is 2. The fourth-order valence-corrected chi connectivity index (χ4v) is 4.32. The molecule has 1 fully saturated rings. The van der Waals surface area contributed by atoms with E-state index in [2.05, 4.69) is 31.9 Å². The molecule has 5 aromatic rings. The maximum Gasteiger partial charge on any atom is 0.163 e. The highest BCUT2D eigenvalue weighted by Gasteiger charge is 2.19. The highest BCUT2D eigenvalue weighted by molar-refractivity contribution is 5.82. The number of hydrogen-bond donors (Lipinski definition) is 3. The molecule has 0 saturated carbocycles. The number of nitriles is 1. The van der Waals surface area contributed by atoms with E-state index in [1.807, 2.05) is 58.8 Å². The van der Waals surface area contributed by atoms with E-state index in [1.54, 1.807) is 24.0 Å². The second-order valence-corrected chi connectivity index (χ2v) is 8.84. The predicted molar refractivity (Wildman–Crippen MR) is 133 cm³/mol. The molecule has 11 heteroatoms. The molecule has 0 amide bonds. The molecular formula is C25H24N10O. The van der Waals surface area contributed by atoms with Crippen molar-refractivity contribution in [3.8, 4) is 17.7 Å². The van der Waals surface area contributed by atoms with Crippen LogP contribution in [0.5, 0.6) is 0 Å². The van der Waals surface area contributed by atoms with E-state index in [1.165, 1.54) is 0 Å². The lowest BCUT2D eigenvalue weighted by Crippen LogP contribution is -2.39. The zero-order valence-corrected chi connectivity index (χ0v) is 19.8. The number of fused-ring (bicyclic) bond motifs is 1. The average molecular weight is 481 g/mol. The quantitative estimate of drug-likeness (QED) is 0.337. The SMILES string of the molecule is Cc1cc(C#N)nn1-c1nc(-n2cnc3cc(Nc4ccn(C5CCN5)n4)ccc32)ccc1C(C)O. The van der Waals surface area contributed by atoms with Gasteiger partial charge in [-0.05, 0) is 56.7 Å². The van der Waals surface area contributed by atoms with E-state index in [9.17, 15) is 10.4 Å².